The molecule has 0 spiro atoms. The molecule has 340 valence electrons. The summed E-state index contributed by atoms with van der Waals surface area (Å²) in [5.74, 6) is -2.49. The third-order valence-electron chi connectivity index (χ3n) is 11.3. The summed E-state index contributed by atoms with van der Waals surface area (Å²) in [5, 5.41) is 9.20. The molecule has 61 heavy (non-hydrogen) atoms. The molecule has 21 heteroatoms. The lowest BCUT2D eigenvalue weighted by atomic mass is 9.75. The molecule has 17 nitrogen and oxygen atoms in total. The quantitative estimate of drug-likeness (QED) is 0.0840. The van der Waals surface area contributed by atoms with Crippen molar-refractivity contribution in [1.29, 1.82) is 0 Å². The predicted molar refractivity (Wildman–Crippen MR) is 224 cm³/mol. The van der Waals surface area contributed by atoms with Crippen LogP contribution in [0.5, 0.6) is 0 Å². The summed E-state index contributed by atoms with van der Waals surface area (Å²) in [6.45, 7) is 4.61. The van der Waals surface area contributed by atoms with Crippen LogP contribution in [0, 0.1) is 0 Å². The number of unbranched alkanes of at least 4 members (excludes halogenated alkanes) is 2. The Kier molecular flexibility index (Phi) is 16.7. The van der Waals surface area contributed by atoms with E-state index in [0.29, 0.717) is 59.7 Å². The van der Waals surface area contributed by atoms with E-state index in [0.717, 1.165) is 0 Å². The molecule has 0 saturated heterocycles. The molecule has 2 aromatic carbocycles. The van der Waals surface area contributed by atoms with Gasteiger partial charge in [-0.05, 0) is 101 Å². The van der Waals surface area contributed by atoms with Crippen molar-refractivity contribution >= 4 is 63.2 Å². The fourth-order valence-corrected chi connectivity index (χ4v) is 11.1. The zero-order valence-electron chi connectivity index (χ0n) is 34.7. The molecule has 2 heterocycles. The number of carboxylic acid groups (broad SMARTS) is 1. The molecule has 1 N–H and O–H groups in total. The van der Waals surface area contributed by atoms with Gasteiger partial charge < -0.3 is 33.1 Å². The molecule has 0 fully saturated rings. The topological polar surface area (TPSA) is 268 Å². The van der Waals surface area contributed by atoms with Crippen molar-refractivity contribution in [1.82, 2.24) is 0 Å². The molecule has 2 aliphatic rings. The Balaban J connectivity index is 1.94. The maximum absolute atomic E-state index is 13.5. The van der Waals surface area contributed by atoms with E-state index in [1.165, 1.54) is 38.5 Å². The number of nitrogens with zero attached hydrogens (tertiary/aromatic N) is 2. The third-order valence-corrected chi connectivity index (χ3v) is 15.5. The van der Waals surface area contributed by atoms with Gasteiger partial charge in [-0.15, -0.1) is 0 Å². The van der Waals surface area contributed by atoms with E-state index in [2.05, 4.69) is 0 Å². The van der Waals surface area contributed by atoms with Gasteiger partial charge in [0.25, 0.3) is 0 Å². The zero-order valence-corrected chi connectivity index (χ0v) is 38.0. The van der Waals surface area contributed by atoms with E-state index in [-0.39, 0.29) is 68.9 Å². The second kappa shape index (κ2) is 20.3. The van der Waals surface area contributed by atoms with Gasteiger partial charge >= 0.3 is 5.97 Å². The first-order valence-electron chi connectivity index (χ1n) is 19.7. The number of fused-ring (bicyclic) bond motifs is 2. The van der Waals surface area contributed by atoms with Gasteiger partial charge in [-0.25, -0.2) is 33.7 Å². The van der Waals surface area contributed by atoms with Crippen LogP contribution in [0.4, 0.5) is 11.4 Å². The number of benzene rings is 2. The number of methoxy groups -OCH3 is 2. The predicted octanol–water partition coefficient (Wildman–Crippen LogP) is 3.92. The second-order valence-electron chi connectivity index (χ2n) is 15.7. The van der Waals surface area contributed by atoms with Crippen LogP contribution in [0.25, 0.3) is 0 Å². The molecule has 4 rings (SSSR count). The highest BCUT2D eigenvalue weighted by Gasteiger charge is 2.48. The lowest BCUT2D eigenvalue weighted by molar-refractivity contribution is -0.438. The van der Waals surface area contributed by atoms with Gasteiger partial charge in [0.1, 0.15) is 16.7 Å². The van der Waals surface area contributed by atoms with Gasteiger partial charge in [0, 0.05) is 86.2 Å². The Labute approximate surface area is 359 Å². The van der Waals surface area contributed by atoms with E-state index < -0.39 is 73.4 Å². The normalized spacial score (nSPS) is 20.2. The molecule has 0 saturated carbocycles. The van der Waals surface area contributed by atoms with Crippen molar-refractivity contribution in [2.75, 3.05) is 62.7 Å². The van der Waals surface area contributed by atoms with Gasteiger partial charge in [-0.1, -0.05) is 6.08 Å². The molecule has 0 aliphatic carbocycles. The number of sulfone groups is 1. The third kappa shape index (κ3) is 12.8. The molecular formula is C40H54N2O15S4-2. The van der Waals surface area contributed by atoms with Gasteiger partial charge in [-0.2, -0.15) is 4.58 Å². The Morgan fingerprint density at radius 1 is 0.754 bits per heavy atom. The van der Waals surface area contributed by atoms with Crippen LogP contribution >= 0.6 is 0 Å². The smallest absolute Gasteiger partial charge is 0.303 e. The lowest BCUT2D eigenvalue weighted by Gasteiger charge is -2.30. The number of hydrogen-bond acceptors (Lipinski definition) is 15. The molecule has 2 unspecified atom stereocenters. The first kappa shape index (κ1) is 50.1. The Hall–Kier alpha value is -3.54. The second-order valence-corrected chi connectivity index (χ2v) is 22.2. The Bertz CT molecular complexity index is 2480. The summed E-state index contributed by atoms with van der Waals surface area (Å²) in [6.07, 6.45) is 6.91. The highest BCUT2D eigenvalue weighted by molar-refractivity contribution is 7.91. The minimum atomic E-state index is -4.91. The minimum Gasteiger partial charge on any atom is -0.748 e. The standard InChI is InChI=1S/C40H56N2O15S4/c1-39(19-9-26-59(47,48)49)32-28-30(58(45,46)25-11-23-56-3)15-17-34(32)41(21-7-5-6-14-38(43)44)36(39)12-8-13-37-40(2,20-10-27-60(50,51)52)33-29-31(61(53,54)55)16-18-35(33)42(37)22-24-57-4/h8,12-13,15-18,28-29H,5-7,9-11,14,19-27H2,1-4H3,(H3-,43,44,47,48,49,50,51,52,53,54,55)/p-2. The Morgan fingerprint density at radius 3 is 1.95 bits per heavy atom. The summed E-state index contributed by atoms with van der Waals surface area (Å²) < 4.78 is 146. The van der Waals surface area contributed by atoms with Crippen LogP contribution < -0.4 is 4.90 Å². The number of hydrogen-bond donors (Lipinski definition) is 1. The van der Waals surface area contributed by atoms with Crippen molar-refractivity contribution in [2.45, 2.75) is 92.3 Å². The molecule has 0 bridgehead atoms. The number of rotatable bonds is 25. The van der Waals surface area contributed by atoms with Crippen molar-refractivity contribution in [2.24, 2.45) is 0 Å². The monoisotopic (exact) mass is 930 g/mol. The maximum Gasteiger partial charge on any atom is 0.303 e. The number of ether oxygens (including phenoxy) is 2. The summed E-state index contributed by atoms with van der Waals surface area (Å²) in [6, 6.07) is 8.68. The van der Waals surface area contributed by atoms with E-state index >= 15 is 0 Å². The van der Waals surface area contributed by atoms with Crippen LogP contribution in [0.1, 0.15) is 82.8 Å². The van der Waals surface area contributed by atoms with E-state index in [1.54, 1.807) is 37.3 Å². The molecule has 0 radical (unpaired) electrons. The van der Waals surface area contributed by atoms with Crippen molar-refractivity contribution in [3.8, 4) is 0 Å². The molecule has 2 aliphatic heterocycles. The van der Waals surface area contributed by atoms with Crippen LogP contribution in [-0.4, -0.2) is 126 Å². The summed E-state index contributed by atoms with van der Waals surface area (Å²) >= 11 is 0. The highest BCUT2D eigenvalue weighted by Crippen LogP contribution is 2.51. The van der Waals surface area contributed by atoms with E-state index in [9.17, 15) is 57.2 Å². The average molecular weight is 931 g/mol. The van der Waals surface area contributed by atoms with Crippen molar-refractivity contribution in [3.05, 3.63) is 71.5 Å². The first-order chi connectivity index (χ1) is 28.4. The van der Waals surface area contributed by atoms with Crippen LogP contribution in [0.3, 0.4) is 0 Å². The fraction of sp³-hybridized carbons (Fsp3) is 0.550. The molecule has 0 amide bonds. The molecule has 0 aromatic heterocycles. The van der Waals surface area contributed by atoms with Crippen LogP contribution in [0.15, 0.2) is 70.1 Å². The van der Waals surface area contributed by atoms with E-state index in [1.807, 2.05) is 16.4 Å². The number of allylic oxidation sites excluding steroid dienone is 4. The van der Waals surface area contributed by atoms with Crippen molar-refractivity contribution < 1.29 is 71.3 Å². The van der Waals surface area contributed by atoms with Gasteiger partial charge in [-0.3, -0.25) is 4.79 Å². The fourth-order valence-electron chi connectivity index (χ4n) is 8.27. The Morgan fingerprint density at radius 2 is 1.36 bits per heavy atom. The lowest BCUT2D eigenvalue weighted by Crippen LogP contribution is -2.32. The van der Waals surface area contributed by atoms with Crippen LogP contribution in [0.2, 0.25) is 0 Å². The number of carboxylic acids is 1. The number of aliphatic carboxylic acids is 1. The molecular weight excluding hydrogens is 877 g/mol. The maximum atomic E-state index is 13.5. The van der Waals surface area contributed by atoms with E-state index in [4.69, 9.17) is 9.47 Å². The average Bonchev–Trinajstić information content (AvgIpc) is 3.52. The summed E-state index contributed by atoms with van der Waals surface area (Å²) in [4.78, 5) is 12.6. The highest BCUT2D eigenvalue weighted by atomic mass is 32.2. The first-order valence-corrected chi connectivity index (χ1v) is 26.0. The summed E-state index contributed by atoms with van der Waals surface area (Å²) in [5.41, 5.74) is 1.13. The van der Waals surface area contributed by atoms with Crippen LogP contribution in [-0.2, 0) is 65.3 Å². The van der Waals surface area contributed by atoms with Gasteiger partial charge in [0.15, 0.2) is 15.5 Å². The number of carbonyl (C=O) groups is 1. The van der Waals surface area contributed by atoms with Crippen molar-refractivity contribution in [3.63, 3.8) is 0 Å². The van der Waals surface area contributed by atoms with Gasteiger partial charge in [0.05, 0.1) is 47.8 Å². The molecule has 2 aromatic rings. The van der Waals surface area contributed by atoms with Gasteiger partial charge in [0.2, 0.25) is 5.69 Å². The number of anilines is 1. The molecule has 2 atom stereocenters. The zero-order chi connectivity index (χ0) is 45.4. The minimum absolute atomic E-state index is 0.0317. The summed E-state index contributed by atoms with van der Waals surface area (Å²) in [7, 11) is -15.0. The SMILES string of the molecule is COCCCS(=O)(=O)c1ccc2c(c1)C(C)(CCCS(=O)(=O)[O-])C(/C=C/C=C1/N(CCOC)c3ccc(S(=O)(=O)[O-])cc3C1(C)CCCS(=O)(=O)[O-])=[N+]2CCCCCC(=O)O. The largest absolute Gasteiger partial charge is 0.748 e.